The van der Waals surface area contributed by atoms with E-state index in [9.17, 15) is 19.1 Å². The maximum absolute atomic E-state index is 14.0. The van der Waals surface area contributed by atoms with Crippen LogP contribution in [0.25, 0.3) is 0 Å². The summed E-state index contributed by atoms with van der Waals surface area (Å²) in [5, 5.41) is 12.2. The van der Waals surface area contributed by atoms with Crippen LogP contribution in [-0.4, -0.2) is 23.2 Å². The van der Waals surface area contributed by atoms with Gasteiger partial charge in [-0.3, -0.25) is 4.79 Å². The average molecular weight is 343 g/mol. The topological polar surface area (TPSA) is 75.6 Å². The largest absolute Gasteiger partial charge is 0.481 e. The average Bonchev–Trinajstić information content (AvgIpc) is 2.57. The van der Waals surface area contributed by atoms with Crippen molar-refractivity contribution in [2.75, 3.05) is 0 Å². The molecular formula is C19H18FNO4. The van der Waals surface area contributed by atoms with Crippen molar-refractivity contribution in [1.82, 2.24) is 5.32 Å². The van der Waals surface area contributed by atoms with Crippen LogP contribution in [0.4, 0.5) is 9.18 Å². The first kappa shape index (κ1) is 17.0. The molecule has 2 aromatic carbocycles. The molecule has 25 heavy (non-hydrogen) atoms. The molecule has 3 rings (SSSR count). The minimum atomic E-state index is -1.30. The molecule has 0 radical (unpaired) electrons. The zero-order chi connectivity index (χ0) is 17.9. The quantitative estimate of drug-likeness (QED) is 0.874. The van der Waals surface area contributed by atoms with Crippen molar-refractivity contribution in [3.05, 3.63) is 71.5 Å². The molecule has 1 aliphatic rings. The molecule has 5 nitrogen and oxygen atoms in total. The Hall–Kier alpha value is -2.89. The lowest BCUT2D eigenvalue weighted by Crippen LogP contribution is -2.57. The van der Waals surface area contributed by atoms with Crippen LogP contribution in [0.1, 0.15) is 24.0 Å². The lowest BCUT2D eigenvalue weighted by atomic mass is 9.61. The maximum Gasteiger partial charge on any atom is 0.407 e. The van der Waals surface area contributed by atoms with E-state index in [1.54, 1.807) is 6.07 Å². The highest BCUT2D eigenvalue weighted by Gasteiger charge is 2.53. The van der Waals surface area contributed by atoms with Gasteiger partial charge in [0.1, 0.15) is 12.4 Å². The number of nitrogens with one attached hydrogen (secondary N) is 1. The number of carbonyl (C=O) groups is 2. The second kappa shape index (κ2) is 6.93. The van der Waals surface area contributed by atoms with Crippen LogP contribution in [0.2, 0.25) is 0 Å². The number of hydrogen-bond donors (Lipinski definition) is 2. The van der Waals surface area contributed by atoms with E-state index in [4.69, 9.17) is 4.74 Å². The van der Waals surface area contributed by atoms with Crippen molar-refractivity contribution in [2.24, 2.45) is 0 Å². The van der Waals surface area contributed by atoms with Crippen molar-refractivity contribution >= 4 is 12.1 Å². The second-order valence-electron chi connectivity index (χ2n) is 6.18. The summed E-state index contributed by atoms with van der Waals surface area (Å²) >= 11 is 0. The van der Waals surface area contributed by atoms with E-state index >= 15 is 0 Å². The van der Waals surface area contributed by atoms with Gasteiger partial charge in [-0.2, -0.15) is 0 Å². The Morgan fingerprint density at radius 3 is 2.40 bits per heavy atom. The Bertz CT molecular complexity index is 772. The molecule has 1 amide bonds. The molecule has 6 heteroatoms. The summed E-state index contributed by atoms with van der Waals surface area (Å²) in [5.74, 6) is -1.64. The summed E-state index contributed by atoms with van der Waals surface area (Å²) in [6, 6.07) is 14.7. The van der Waals surface area contributed by atoms with Crippen LogP contribution in [0.5, 0.6) is 0 Å². The summed E-state index contributed by atoms with van der Waals surface area (Å²) in [6.07, 6.45) is -0.352. The predicted octanol–water partition coefficient (Wildman–Crippen LogP) is 3.24. The molecule has 1 aliphatic carbocycles. The summed E-state index contributed by atoms with van der Waals surface area (Å²) < 4.78 is 19.1. The van der Waals surface area contributed by atoms with Crippen LogP contribution in [0, 0.1) is 5.82 Å². The maximum atomic E-state index is 14.0. The standard InChI is InChI=1S/C19H18FNO4/c20-16-9-5-4-8-15(16)19(17(22)23)10-14(11-19)21-18(24)25-12-13-6-2-1-3-7-13/h1-9,14H,10-12H2,(H,21,24)(H,22,23). The Balaban J connectivity index is 1.57. The fourth-order valence-corrected chi connectivity index (χ4v) is 3.17. The number of aliphatic carboxylic acids is 1. The molecule has 0 bridgehead atoms. The normalized spacial score (nSPS) is 21.9. The van der Waals surface area contributed by atoms with E-state index in [0.717, 1.165) is 5.56 Å². The number of carbonyl (C=O) groups excluding carboxylic acids is 1. The van der Waals surface area contributed by atoms with Crippen LogP contribution >= 0.6 is 0 Å². The van der Waals surface area contributed by atoms with Crippen LogP contribution < -0.4 is 5.32 Å². The number of hydrogen-bond acceptors (Lipinski definition) is 3. The molecule has 1 fully saturated rings. The van der Waals surface area contributed by atoms with Crippen molar-refractivity contribution in [1.29, 1.82) is 0 Å². The Morgan fingerprint density at radius 1 is 1.12 bits per heavy atom. The van der Waals surface area contributed by atoms with E-state index in [-0.39, 0.29) is 31.1 Å². The first-order valence-electron chi connectivity index (χ1n) is 7.97. The number of carboxylic acid groups (broad SMARTS) is 1. The smallest absolute Gasteiger partial charge is 0.407 e. The van der Waals surface area contributed by atoms with Gasteiger partial charge in [0.25, 0.3) is 0 Å². The van der Waals surface area contributed by atoms with Crippen molar-refractivity contribution < 1.29 is 23.8 Å². The SMILES string of the molecule is O=C(NC1CC(C(=O)O)(c2ccccc2F)C1)OCc1ccccc1. The molecule has 0 heterocycles. The molecule has 0 unspecified atom stereocenters. The third-order valence-corrected chi connectivity index (χ3v) is 4.52. The van der Waals surface area contributed by atoms with Gasteiger partial charge in [0.2, 0.25) is 0 Å². The lowest BCUT2D eigenvalue weighted by molar-refractivity contribution is -0.148. The molecule has 0 spiro atoms. The van der Waals surface area contributed by atoms with Gasteiger partial charge < -0.3 is 15.2 Å². The number of amides is 1. The molecule has 0 aliphatic heterocycles. The number of carboxylic acids is 1. The first-order chi connectivity index (χ1) is 12.0. The highest BCUT2D eigenvalue weighted by Crippen LogP contribution is 2.45. The van der Waals surface area contributed by atoms with Crippen LogP contribution in [-0.2, 0) is 21.6 Å². The summed E-state index contributed by atoms with van der Waals surface area (Å²) in [7, 11) is 0. The van der Waals surface area contributed by atoms with E-state index in [1.807, 2.05) is 30.3 Å². The second-order valence-corrected chi connectivity index (χ2v) is 6.18. The minimum absolute atomic E-state index is 0.129. The minimum Gasteiger partial charge on any atom is -0.481 e. The molecule has 2 aromatic rings. The van der Waals surface area contributed by atoms with Crippen LogP contribution in [0.3, 0.4) is 0 Å². The van der Waals surface area contributed by atoms with Crippen molar-refractivity contribution in [2.45, 2.75) is 30.9 Å². The fraction of sp³-hybridized carbons (Fsp3) is 0.263. The van der Waals surface area contributed by atoms with E-state index in [1.165, 1.54) is 18.2 Å². The first-order valence-corrected chi connectivity index (χ1v) is 7.97. The summed E-state index contributed by atoms with van der Waals surface area (Å²) in [4.78, 5) is 23.5. The van der Waals surface area contributed by atoms with Gasteiger partial charge in [-0.15, -0.1) is 0 Å². The van der Waals surface area contributed by atoms with E-state index < -0.39 is 23.3 Å². The number of alkyl carbamates (subject to hydrolysis) is 1. The highest BCUT2D eigenvalue weighted by atomic mass is 19.1. The Labute approximate surface area is 144 Å². The predicted molar refractivity (Wildman–Crippen MR) is 88.5 cm³/mol. The van der Waals surface area contributed by atoms with Gasteiger partial charge in [0.15, 0.2) is 0 Å². The molecular weight excluding hydrogens is 325 g/mol. The monoisotopic (exact) mass is 343 g/mol. The molecule has 2 N–H and O–H groups in total. The van der Waals surface area contributed by atoms with Gasteiger partial charge in [0.05, 0.1) is 5.41 Å². The number of halogens is 1. The fourth-order valence-electron chi connectivity index (χ4n) is 3.17. The van der Waals surface area contributed by atoms with Crippen molar-refractivity contribution in [3.8, 4) is 0 Å². The summed E-state index contributed by atoms with van der Waals surface area (Å²) in [5.41, 5.74) is -0.293. The number of ether oxygens (including phenoxy) is 1. The molecule has 130 valence electrons. The third kappa shape index (κ3) is 3.47. The van der Waals surface area contributed by atoms with E-state index in [0.29, 0.717) is 0 Å². The number of rotatable bonds is 5. The lowest BCUT2D eigenvalue weighted by Gasteiger charge is -2.44. The van der Waals surface area contributed by atoms with Gasteiger partial charge >= 0.3 is 12.1 Å². The molecule has 0 aromatic heterocycles. The van der Waals surface area contributed by atoms with Crippen LogP contribution in [0.15, 0.2) is 54.6 Å². The zero-order valence-corrected chi connectivity index (χ0v) is 13.4. The van der Waals surface area contributed by atoms with Gasteiger partial charge in [-0.1, -0.05) is 48.5 Å². The van der Waals surface area contributed by atoms with Gasteiger partial charge in [0, 0.05) is 11.6 Å². The Kier molecular flexibility index (Phi) is 4.70. The Morgan fingerprint density at radius 2 is 1.76 bits per heavy atom. The molecule has 1 saturated carbocycles. The van der Waals surface area contributed by atoms with Crippen molar-refractivity contribution in [3.63, 3.8) is 0 Å². The molecule has 0 atom stereocenters. The van der Waals surface area contributed by atoms with Gasteiger partial charge in [-0.25, -0.2) is 9.18 Å². The van der Waals surface area contributed by atoms with Gasteiger partial charge in [-0.05, 0) is 24.5 Å². The summed E-state index contributed by atoms with van der Waals surface area (Å²) in [6.45, 7) is 0.136. The highest BCUT2D eigenvalue weighted by molar-refractivity contribution is 5.83. The molecule has 0 saturated heterocycles. The number of benzene rings is 2. The van der Waals surface area contributed by atoms with E-state index in [2.05, 4.69) is 5.32 Å². The zero-order valence-electron chi connectivity index (χ0n) is 13.4. The third-order valence-electron chi connectivity index (χ3n) is 4.52.